The van der Waals surface area contributed by atoms with Crippen molar-refractivity contribution in [3.05, 3.63) is 59.8 Å². The lowest BCUT2D eigenvalue weighted by Crippen LogP contribution is -2.30. The van der Waals surface area contributed by atoms with Crippen molar-refractivity contribution in [1.82, 2.24) is 5.32 Å². The standard InChI is InChI=1S/C18H23NO4/c1-4-9-14(3)23-17(20)16(10-5-2)19-18(21)22-13-15-11-7-6-8-12-15/h4,6-12,14H,5,13H2,1-3H3,(H,19,21)/b9-4+,16-10-. The Balaban J connectivity index is 2.56. The van der Waals surface area contributed by atoms with Crippen LogP contribution in [0, 0.1) is 0 Å². The Morgan fingerprint density at radius 2 is 1.96 bits per heavy atom. The van der Waals surface area contributed by atoms with Crippen LogP contribution in [0.1, 0.15) is 32.8 Å². The quantitative estimate of drug-likeness (QED) is 0.473. The van der Waals surface area contributed by atoms with Crippen LogP contribution in [0.2, 0.25) is 0 Å². The zero-order valence-electron chi connectivity index (χ0n) is 13.7. The number of esters is 1. The van der Waals surface area contributed by atoms with Crippen LogP contribution in [-0.2, 0) is 20.9 Å². The number of amides is 1. The zero-order chi connectivity index (χ0) is 17.1. The molecule has 5 heteroatoms. The molecule has 0 saturated carbocycles. The summed E-state index contributed by atoms with van der Waals surface area (Å²) in [5.74, 6) is -0.589. The molecule has 1 aromatic rings. The van der Waals surface area contributed by atoms with Gasteiger partial charge in [-0.15, -0.1) is 0 Å². The third-order valence-electron chi connectivity index (χ3n) is 2.83. The Bertz CT molecular complexity index is 564. The minimum absolute atomic E-state index is 0.0851. The van der Waals surface area contributed by atoms with E-state index in [1.54, 1.807) is 25.2 Å². The second-order valence-corrected chi connectivity index (χ2v) is 4.85. The highest BCUT2D eigenvalue weighted by molar-refractivity contribution is 5.92. The predicted octanol–water partition coefficient (Wildman–Crippen LogP) is 3.71. The number of alkyl carbamates (subject to hydrolysis) is 1. The normalized spacial score (nSPS) is 12.7. The third-order valence-corrected chi connectivity index (χ3v) is 2.83. The van der Waals surface area contributed by atoms with Crippen LogP contribution in [-0.4, -0.2) is 18.2 Å². The van der Waals surface area contributed by atoms with Crippen LogP contribution >= 0.6 is 0 Å². The van der Waals surface area contributed by atoms with Crippen LogP contribution in [0.4, 0.5) is 4.79 Å². The maximum atomic E-state index is 12.0. The molecule has 0 bridgehead atoms. The number of hydrogen-bond donors (Lipinski definition) is 1. The number of allylic oxidation sites excluding steroid dienone is 2. The molecule has 124 valence electrons. The first kappa shape index (κ1) is 18.5. The van der Waals surface area contributed by atoms with E-state index in [1.807, 2.05) is 44.2 Å². The van der Waals surface area contributed by atoms with Crippen LogP contribution < -0.4 is 5.32 Å². The Hall–Kier alpha value is -2.56. The fraction of sp³-hybridized carbons (Fsp3) is 0.333. The van der Waals surface area contributed by atoms with Crippen LogP contribution in [0.15, 0.2) is 54.3 Å². The monoisotopic (exact) mass is 317 g/mol. The van der Waals surface area contributed by atoms with Gasteiger partial charge in [0.05, 0.1) is 0 Å². The van der Waals surface area contributed by atoms with Crippen molar-refractivity contribution in [3.8, 4) is 0 Å². The molecule has 0 heterocycles. The first-order valence-corrected chi connectivity index (χ1v) is 7.58. The molecule has 5 nitrogen and oxygen atoms in total. The van der Waals surface area contributed by atoms with Gasteiger partial charge in [-0.1, -0.05) is 49.4 Å². The van der Waals surface area contributed by atoms with E-state index in [1.165, 1.54) is 0 Å². The van der Waals surface area contributed by atoms with E-state index in [9.17, 15) is 9.59 Å². The topological polar surface area (TPSA) is 64.6 Å². The van der Waals surface area contributed by atoms with Crippen molar-refractivity contribution >= 4 is 12.1 Å². The second-order valence-electron chi connectivity index (χ2n) is 4.85. The number of rotatable bonds is 7. The van der Waals surface area contributed by atoms with E-state index in [2.05, 4.69) is 5.32 Å². The molecule has 0 aliphatic heterocycles. The molecule has 23 heavy (non-hydrogen) atoms. The molecule has 0 aliphatic rings. The smallest absolute Gasteiger partial charge is 0.412 e. The van der Waals surface area contributed by atoms with Gasteiger partial charge in [0.2, 0.25) is 0 Å². The molecule has 0 aromatic heterocycles. The molecule has 0 fully saturated rings. The molecule has 1 atom stereocenters. The summed E-state index contributed by atoms with van der Waals surface area (Å²) in [5.41, 5.74) is 0.954. The molecule has 1 rings (SSSR count). The Morgan fingerprint density at radius 3 is 2.57 bits per heavy atom. The zero-order valence-corrected chi connectivity index (χ0v) is 13.7. The maximum absolute atomic E-state index is 12.0. The van der Waals surface area contributed by atoms with Crippen LogP contribution in [0.25, 0.3) is 0 Å². The van der Waals surface area contributed by atoms with Crippen molar-refractivity contribution < 1.29 is 19.1 Å². The highest BCUT2D eigenvalue weighted by Crippen LogP contribution is 2.04. The van der Waals surface area contributed by atoms with Crippen LogP contribution in [0.3, 0.4) is 0 Å². The highest BCUT2D eigenvalue weighted by Gasteiger charge is 2.16. The maximum Gasteiger partial charge on any atom is 0.412 e. The summed E-state index contributed by atoms with van der Waals surface area (Å²) in [6.45, 7) is 5.58. The number of ether oxygens (including phenoxy) is 2. The summed E-state index contributed by atoms with van der Waals surface area (Å²) in [6.07, 6.45) is 4.66. The van der Waals surface area contributed by atoms with E-state index in [4.69, 9.17) is 9.47 Å². The number of nitrogens with one attached hydrogen (secondary N) is 1. The molecule has 0 spiro atoms. The van der Waals surface area contributed by atoms with E-state index in [-0.39, 0.29) is 18.4 Å². The molecule has 1 amide bonds. The molecule has 1 N–H and O–H groups in total. The lowest BCUT2D eigenvalue weighted by atomic mass is 10.2. The molecule has 1 unspecified atom stereocenters. The van der Waals surface area contributed by atoms with Crippen molar-refractivity contribution in [3.63, 3.8) is 0 Å². The largest absolute Gasteiger partial charge is 0.454 e. The first-order valence-electron chi connectivity index (χ1n) is 7.58. The Morgan fingerprint density at radius 1 is 1.26 bits per heavy atom. The van der Waals surface area contributed by atoms with Gasteiger partial charge in [-0.25, -0.2) is 9.59 Å². The Labute approximate surface area is 137 Å². The van der Waals surface area contributed by atoms with Crippen molar-refractivity contribution in [2.24, 2.45) is 0 Å². The van der Waals surface area contributed by atoms with Gasteiger partial charge in [-0.05, 0) is 31.9 Å². The van der Waals surface area contributed by atoms with E-state index in [0.29, 0.717) is 6.42 Å². The summed E-state index contributed by atoms with van der Waals surface area (Å²) in [5, 5.41) is 2.44. The van der Waals surface area contributed by atoms with Crippen molar-refractivity contribution in [1.29, 1.82) is 0 Å². The van der Waals surface area contributed by atoms with Crippen LogP contribution in [0.5, 0.6) is 0 Å². The van der Waals surface area contributed by atoms with Gasteiger partial charge in [-0.2, -0.15) is 0 Å². The van der Waals surface area contributed by atoms with Crippen molar-refractivity contribution in [2.45, 2.75) is 39.9 Å². The second kappa shape index (κ2) is 10.2. The fourth-order valence-corrected chi connectivity index (χ4v) is 1.80. The van der Waals surface area contributed by atoms with E-state index >= 15 is 0 Å². The number of carbonyl (C=O) groups is 2. The third kappa shape index (κ3) is 7.31. The lowest BCUT2D eigenvalue weighted by Gasteiger charge is -2.13. The summed E-state index contributed by atoms with van der Waals surface area (Å²) in [6, 6.07) is 9.30. The van der Waals surface area contributed by atoms with Gasteiger partial charge in [0, 0.05) is 0 Å². The van der Waals surface area contributed by atoms with Gasteiger partial charge in [0.1, 0.15) is 18.4 Å². The first-order chi connectivity index (χ1) is 11.1. The predicted molar refractivity (Wildman–Crippen MR) is 88.5 cm³/mol. The average molecular weight is 317 g/mol. The summed E-state index contributed by atoms with van der Waals surface area (Å²) in [7, 11) is 0. The molecule has 0 saturated heterocycles. The SMILES string of the molecule is C/C=C/C(C)OC(=O)/C(=C/CC)NC(=O)OCc1ccccc1. The van der Waals surface area contributed by atoms with Gasteiger partial charge < -0.3 is 9.47 Å². The molecule has 0 radical (unpaired) electrons. The lowest BCUT2D eigenvalue weighted by molar-refractivity contribution is -0.141. The van der Waals surface area contributed by atoms with Gasteiger partial charge in [-0.3, -0.25) is 5.32 Å². The summed E-state index contributed by atoms with van der Waals surface area (Å²) < 4.78 is 10.3. The minimum Gasteiger partial charge on any atom is -0.454 e. The van der Waals surface area contributed by atoms with Gasteiger partial charge in [0.15, 0.2) is 0 Å². The molecular formula is C18H23NO4. The molecule has 1 aromatic carbocycles. The summed E-state index contributed by atoms with van der Waals surface area (Å²) in [4.78, 5) is 23.9. The fourth-order valence-electron chi connectivity index (χ4n) is 1.80. The molecule has 0 aliphatic carbocycles. The number of benzene rings is 1. The van der Waals surface area contributed by atoms with E-state index in [0.717, 1.165) is 5.56 Å². The van der Waals surface area contributed by atoms with Gasteiger partial charge >= 0.3 is 12.1 Å². The minimum atomic E-state index is -0.691. The van der Waals surface area contributed by atoms with Gasteiger partial charge in [0.25, 0.3) is 0 Å². The molecular weight excluding hydrogens is 294 g/mol. The summed E-state index contributed by atoms with van der Waals surface area (Å²) >= 11 is 0. The van der Waals surface area contributed by atoms with E-state index < -0.39 is 12.1 Å². The number of hydrogen-bond acceptors (Lipinski definition) is 4. The number of carbonyl (C=O) groups excluding carboxylic acids is 2. The Kier molecular flexibility index (Phi) is 8.21. The average Bonchev–Trinajstić information content (AvgIpc) is 2.53. The van der Waals surface area contributed by atoms with Crippen molar-refractivity contribution in [2.75, 3.05) is 0 Å². The highest BCUT2D eigenvalue weighted by atomic mass is 16.6.